The molecule has 4 heteroatoms. The van der Waals surface area contributed by atoms with E-state index in [1.165, 1.54) is 12.8 Å². The molecule has 2 aliphatic carbocycles. The summed E-state index contributed by atoms with van der Waals surface area (Å²) in [6, 6.07) is 0. The highest BCUT2D eigenvalue weighted by molar-refractivity contribution is 7.93. The Kier molecular flexibility index (Phi) is 4.64. The molecule has 0 spiro atoms. The second-order valence-corrected chi connectivity index (χ2v) is 4.60. The zero-order valence-electron chi connectivity index (χ0n) is 8.51. The van der Waals surface area contributed by atoms with Gasteiger partial charge >= 0.3 is 0 Å². The molecule has 0 radical (unpaired) electrons. The Labute approximate surface area is 88.5 Å². The Morgan fingerprint density at radius 2 is 1.79 bits per heavy atom. The monoisotopic (exact) mass is 224 g/mol. The van der Waals surface area contributed by atoms with Crippen molar-refractivity contribution in [3.05, 3.63) is 0 Å². The zero-order chi connectivity index (χ0) is 10.6. The Balaban J connectivity index is 0.000000293. The van der Waals surface area contributed by atoms with Gasteiger partial charge in [-0.25, -0.2) is 8.78 Å². The number of fused-ring (bicyclic) bond motifs is 1. The van der Waals surface area contributed by atoms with Crippen molar-refractivity contribution >= 4 is 12.0 Å². The minimum absolute atomic E-state index is 0.147. The largest absolute Gasteiger partial charge is 0.330 e. The highest BCUT2D eigenvalue weighted by Gasteiger charge is 2.42. The third-order valence-corrected chi connectivity index (χ3v) is 3.26. The van der Waals surface area contributed by atoms with Crippen molar-refractivity contribution in [3.63, 3.8) is 0 Å². The SMILES string of the molecule is CSO.FC1(F)CC[C@H]2CCCC2C1. The summed E-state index contributed by atoms with van der Waals surface area (Å²) in [6.07, 6.45) is 6.15. The Morgan fingerprint density at radius 3 is 2.43 bits per heavy atom. The molecule has 0 saturated heterocycles. The molecule has 0 aromatic heterocycles. The van der Waals surface area contributed by atoms with Crippen LogP contribution in [-0.4, -0.2) is 16.7 Å². The molecular formula is C10H18F2OS. The molecule has 2 saturated carbocycles. The highest BCUT2D eigenvalue weighted by Crippen LogP contribution is 2.47. The van der Waals surface area contributed by atoms with Gasteiger partial charge in [-0.3, -0.25) is 0 Å². The van der Waals surface area contributed by atoms with Crippen LogP contribution in [0, 0.1) is 11.8 Å². The summed E-state index contributed by atoms with van der Waals surface area (Å²) in [7, 11) is 0. The van der Waals surface area contributed by atoms with Crippen molar-refractivity contribution in [1.82, 2.24) is 0 Å². The number of hydrogen-bond acceptors (Lipinski definition) is 2. The zero-order valence-corrected chi connectivity index (χ0v) is 9.33. The van der Waals surface area contributed by atoms with Gasteiger partial charge in [-0.1, -0.05) is 12.8 Å². The van der Waals surface area contributed by atoms with Gasteiger partial charge in [0.2, 0.25) is 5.92 Å². The third-order valence-electron chi connectivity index (χ3n) is 3.26. The average molecular weight is 224 g/mol. The van der Waals surface area contributed by atoms with Gasteiger partial charge in [0.05, 0.1) is 0 Å². The topological polar surface area (TPSA) is 20.2 Å². The number of rotatable bonds is 0. The Bertz CT molecular complexity index is 176. The fourth-order valence-electron chi connectivity index (χ4n) is 2.64. The average Bonchev–Trinajstić information content (AvgIpc) is 2.50. The quantitative estimate of drug-likeness (QED) is 0.626. The van der Waals surface area contributed by atoms with E-state index in [-0.39, 0.29) is 12.8 Å². The summed E-state index contributed by atoms with van der Waals surface area (Å²) in [4.78, 5) is 0. The van der Waals surface area contributed by atoms with Gasteiger partial charge in [0.1, 0.15) is 0 Å². The molecule has 1 N–H and O–H groups in total. The fourth-order valence-corrected chi connectivity index (χ4v) is 2.64. The lowest BCUT2D eigenvalue weighted by Crippen LogP contribution is -2.29. The maximum Gasteiger partial charge on any atom is 0.248 e. The molecule has 84 valence electrons. The van der Waals surface area contributed by atoms with Crippen molar-refractivity contribution in [2.75, 3.05) is 6.26 Å². The summed E-state index contributed by atoms with van der Waals surface area (Å²) in [5.41, 5.74) is 0. The van der Waals surface area contributed by atoms with Crippen LogP contribution in [0.3, 0.4) is 0 Å². The summed E-state index contributed by atoms with van der Waals surface area (Å²) in [5, 5.41) is 0. The van der Waals surface area contributed by atoms with Gasteiger partial charge in [0, 0.05) is 19.1 Å². The van der Waals surface area contributed by atoms with Gasteiger partial charge in [-0.2, -0.15) is 0 Å². The molecule has 0 aromatic rings. The lowest BCUT2D eigenvalue weighted by molar-refractivity contribution is -0.0634. The molecule has 1 nitrogen and oxygen atoms in total. The van der Waals surface area contributed by atoms with E-state index in [0.29, 0.717) is 11.8 Å². The first-order chi connectivity index (χ1) is 6.59. The maximum atomic E-state index is 12.8. The smallest absolute Gasteiger partial charge is 0.248 e. The first kappa shape index (κ1) is 12.2. The lowest BCUT2D eigenvalue weighted by Gasteiger charge is -2.31. The Hall–Kier alpha value is 0.170. The first-order valence-corrected chi connectivity index (χ1v) is 6.32. The highest BCUT2D eigenvalue weighted by atomic mass is 32.2. The second kappa shape index (κ2) is 5.31. The van der Waals surface area contributed by atoms with Crippen molar-refractivity contribution in [3.8, 4) is 0 Å². The summed E-state index contributed by atoms with van der Waals surface area (Å²) in [5.74, 6) is -1.32. The van der Waals surface area contributed by atoms with Crippen LogP contribution >= 0.6 is 12.0 Å². The summed E-state index contributed by atoms with van der Waals surface area (Å²) >= 11 is 0.750. The van der Waals surface area contributed by atoms with Gasteiger partial charge in [0.25, 0.3) is 0 Å². The van der Waals surface area contributed by atoms with Crippen LogP contribution < -0.4 is 0 Å². The van der Waals surface area contributed by atoms with Crippen LogP contribution in [0.15, 0.2) is 0 Å². The molecule has 0 aromatic carbocycles. The van der Waals surface area contributed by atoms with Gasteiger partial charge in [-0.15, -0.1) is 0 Å². The minimum Gasteiger partial charge on any atom is -0.330 e. The molecule has 0 bridgehead atoms. The lowest BCUT2D eigenvalue weighted by atomic mass is 9.80. The number of halogens is 2. The Morgan fingerprint density at radius 1 is 1.21 bits per heavy atom. The minimum atomic E-state index is -2.33. The van der Waals surface area contributed by atoms with Gasteiger partial charge in [0.15, 0.2) is 0 Å². The van der Waals surface area contributed by atoms with Crippen LogP contribution in [0.5, 0.6) is 0 Å². The normalized spacial score (nSPS) is 34.3. The van der Waals surface area contributed by atoms with Crippen LogP contribution in [0.4, 0.5) is 8.78 Å². The van der Waals surface area contributed by atoms with E-state index < -0.39 is 5.92 Å². The van der Waals surface area contributed by atoms with Crippen LogP contribution in [-0.2, 0) is 0 Å². The molecule has 0 heterocycles. The van der Waals surface area contributed by atoms with E-state index in [4.69, 9.17) is 4.55 Å². The molecule has 0 amide bonds. The van der Waals surface area contributed by atoms with Crippen LogP contribution in [0.25, 0.3) is 0 Å². The van der Waals surface area contributed by atoms with E-state index in [0.717, 1.165) is 24.9 Å². The summed E-state index contributed by atoms with van der Waals surface area (Å²) < 4.78 is 33.2. The predicted molar refractivity (Wildman–Crippen MR) is 55.8 cm³/mol. The van der Waals surface area contributed by atoms with E-state index in [9.17, 15) is 8.78 Å². The number of hydrogen-bond donors (Lipinski definition) is 1. The van der Waals surface area contributed by atoms with Crippen LogP contribution in [0.1, 0.15) is 38.5 Å². The molecular weight excluding hydrogens is 206 g/mol. The molecule has 0 aliphatic heterocycles. The standard InChI is InChI=1S/C9H14F2.CH4OS/c10-9(11)5-4-7-2-1-3-8(7)6-9;1-3-2/h7-8H,1-6H2;2H,1H3/t7-,8?;/m1./s1. The van der Waals surface area contributed by atoms with Crippen molar-refractivity contribution < 1.29 is 13.3 Å². The van der Waals surface area contributed by atoms with Crippen molar-refractivity contribution in [1.29, 1.82) is 0 Å². The molecule has 2 fully saturated rings. The van der Waals surface area contributed by atoms with Crippen molar-refractivity contribution in [2.24, 2.45) is 11.8 Å². The molecule has 14 heavy (non-hydrogen) atoms. The predicted octanol–water partition coefficient (Wildman–Crippen LogP) is 4.04. The van der Waals surface area contributed by atoms with E-state index in [1.54, 1.807) is 6.26 Å². The van der Waals surface area contributed by atoms with E-state index in [1.807, 2.05) is 0 Å². The van der Waals surface area contributed by atoms with Gasteiger partial charge < -0.3 is 4.55 Å². The number of alkyl halides is 2. The van der Waals surface area contributed by atoms with Crippen molar-refractivity contribution in [2.45, 2.75) is 44.4 Å². The maximum absolute atomic E-state index is 12.8. The summed E-state index contributed by atoms with van der Waals surface area (Å²) in [6.45, 7) is 0. The van der Waals surface area contributed by atoms with Gasteiger partial charge in [-0.05, 0) is 36.7 Å². The molecule has 2 rings (SSSR count). The second-order valence-electron chi connectivity index (χ2n) is 4.23. The third kappa shape index (κ3) is 3.39. The molecule has 2 aliphatic rings. The molecule has 2 atom stereocenters. The fraction of sp³-hybridized carbons (Fsp3) is 1.00. The van der Waals surface area contributed by atoms with Crippen LogP contribution in [0.2, 0.25) is 0 Å². The van der Waals surface area contributed by atoms with E-state index >= 15 is 0 Å². The van der Waals surface area contributed by atoms with E-state index in [2.05, 4.69) is 0 Å². The first-order valence-electron chi connectivity index (χ1n) is 5.14. The molecule has 1 unspecified atom stereocenters.